The molecule has 2 aromatic carbocycles. The minimum atomic E-state index is -0.810. The summed E-state index contributed by atoms with van der Waals surface area (Å²) in [7, 11) is 0. The monoisotopic (exact) mass is 388 g/mol. The van der Waals surface area contributed by atoms with E-state index in [0.717, 1.165) is 35.2 Å². The molecule has 2 aliphatic heterocycles. The molecule has 0 spiro atoms. The molecule has 7 nitrogen and oxygen atoms in total. The average Bonchev–Trinajstić information content (AvgIpc) is 3.42. The molecule has 7 heteroatoms. The minimum Gasteiger partial charge on any atom is -0.405 e. The van der Waals surface area contributed by atoms with E-state index in [2.05, 4.69) is 15.5 Å². The average molecular weight is 388 g/mol. The molecule has 0 bridgehead atoms. The van der Waals surface area contributed by atoms with Gasteiger partial charge in [-0.1, -0.05) is 59.7 Å². The number of anilines is 1. The van der Waals surface area contributed by atoms with Crippen molar-refractivity contribution in [3.8, 4) is 0 Å². The first kappa shape index (κ1) is 17.8. The van der Waals surface area contributed by atoms with Crippen molar-refractivity contribution in [3.05, 3.63) is 77.2 Å². The molecule has 0 saturated carbocycles. The number of aromatic nitrogens is 2. The number of hydrogen-bond acceptors (Lipinski definition) is 7. The first-order chi connectivity index (χ1) is 14.3. The second kappa shape index (κ2) is 7.60. The highest BCUT2D eigenvalue weighted by atomic mass is 16.5. The standard InChI is InChI=1S/C22H20N4O3/c27-17-13-15-9-4-5-10-16(15)19(14-7-2-1-3-8-14)23-20(17)24-22-26-25-21(29-22)18-11-6-12-28-18/h1-5,7-10,18,20H,6,11-13H2,(H,24,26)/t18-,20?/m0/s1. The molecule has 3 heterocycles. The van der Waals surface area contributed by atoms with E-state index in [-0.39, 0.29) is 24.3 Å². The van der Waals surface area contributed by atoms with Crippen molar-refractivity contribution in [3.63, 3.8) is 0 Å². The first-order valence-electron chi connectivity index (χ1n) is 9.74. The van der Waals surface area contributed by atoms with Crippen molar-refractivity contribution < 1.29 is 13.9 Å². The van der Waals surface area contributed by atoms with Gasteiger partial charge in [-0.15, -0.1) is 5.10 Å². The number of carbonyl (C=O) groups excluding carboxylic acids is 1. The quantitative estimate of drug-likeness (QED) is 0.737. The van der Waals surface area contributed by atoms with Crippen LogP contribution >= 0.6 is 0 Å². The molecule has 2 aliphatic rings. The maximum Gasteiger partial charge on any atom is 0.317 e. The van der Waals surface area contributed by atoms with Crippen LogP contribution in [0.1, 0.15) is 41.5 Å². The molecule has 0 amide bonds. The molecule has 1 saturated heterocycles. The lowest BCUT2D eigenvalue weighted by Crippen LogP contribution is -2.29. The second-order valence-electron chi connectivity index (χ2n) is 7.14. The van der Waals surface area contributed by atoms with E-state index in [0.29, 0.717) is 12.5 Å². The summed E-state index contributed by atoms with van der Waals surface area (Å²) in [6, 6.07) is 17.9. The van der Waals surface area contributed by atoms with Gasteiger partial charge in [0, 0.05) is 24.2 Å². The molecular weight excluding hydrogens is 368 g/mol. The van der Waals surface area contributed by atoms with E-state index in [4.69, 9.17) is 14.1 Å². The Bertz CT molecular complexity index is 1050. The molecule has 2 atom stereocenters. The van der Waals surface area contributed by atoms with Crippen LogP contribution in [0.2, 0.25) is 0 Å². The number of nitrogens with zero attached hydrogens (tertiary/aromatic N) is 3. The van der Waals surface area contributed by atoms with Crippen molar-refractivity contribution in [1.82, 2.24) is 10.2 Å². The van der Waals surface area contributed by atoms with Gasteiger partial charge in [0.15, 0.2) is 11.9 Å². The van der Waals surface area contributed by atoms with Gasteiger partial charge in [0.25, 0.3) is 0 Å². The van der Waals surface area contributed by atoms with Gasteiger partial charge in [-0.25, -0.2) is 0 Å². The molecule has 1 unspecified atom stereocenters. The summed E-state index contributed by atoms with van der Waals surface area (Å²) in [5.41, 5.74) is 3.63. The van der Waals surface area contributed by atoms with Crippen molar-refractivity contribution in [2.45, 2.75) is 31.5 Å². The van der Waals surface area contributed by atoms with Crippen LogP contribution in [0.25, 0.3) is 0 Å². The summed E-state index contributed by atoms with van der Waals surface area (Å²) in [6.45, 7) is 0.694. The molecule has 0 aliphatic carbocycles. The number of carbonyl (C=O) groups is 1. The molecule has 1 aromatic heterocycles. The van der Waals surface area contributed by atoms with Gasteiger partial charge in [0.2, 0.25) is 5.89 Å². The smallest absolute Gasteiger partial charge is 0.317 e. The molecular formula is C22H20N4O3. The number of ketones is 1. The Hall–Kier alpha value is -3.32. The number of hydrogen-bond donors (Lipinski definition) is 1. The Balaban J connectivity index is 1.49. The number of nitrogens with one attached hydrogen (secondary N) is 1. The number of rotatable bonds is 4. The van der Waals surface area contributed by atoms with Crippen LogP contribution < -0.4 is 5.32 Å². The van der Waals surface area contributed by atoms with E-state index >= 15 is 0 Å². The lowest BCUT2D eigenvalue weighted by atomic mass is 9.96. The van der Waals surface area contributed by atoms with Gasteiger partial charge < -0.3 is 14.5 Å². The minimum absolute atomic E-state index is 0.0553. The van der Waals surface area contributed by atoms with E-state index in [1.54, 1.807) is 0 Å². The van der Waals surface area contributed by atoms with Crippen LogP contribution in [0.4, 0.5) is 6.01 Å². The van der Waals surface area contributed by atoms with Crippen molar-refractivity contribution in [2.24, 2.45) is 4.99 Å². The maximum absolute atomic E-state index is 12.9. The number of Topliss-reactive ketones (excluding diaryl/α,β-unsaturated/α-hetero) is 1. The normalized spacial score (nSPS) is 21.4. The number of fused-ring (bicyclic) bond motifs is 1. The topological polar surface area (TPSA) is 89.6 Å². The fourth-order valence-electron chi connectivity index (χ4n) is 3.71. The third kappa shape index (κ3) is 3.56. The van der Waals surface area contributed by atoms with E-state index < -0.39 is 6.17 Å². The molecule has 1 fully saturated rings. The van der Waals surface area contributed by atoms with E-state index in [9.17, 15) is 4.79 Å². The third-order valence-corrected chi connectivity index (χ3v) is 5.15. The summed E-state index contributed by atoms with van der Waals surface area (Å²) >= 11 is 0. The predicted molar refractivity (Wildman–Crippen MR) is 107 cm³/mol. The lowest BCUT2D eigenvalue weighted by molar-refractivity contribution is -0.119. The molecule has 5 rings (SSSR count). The van der Waals surface area contributed by atoms with Crippen LogP contribution in [0.15, 0.2) is 64.0 Å². The van der Waals surface area contributed by atoms with Gasteiger partial charge in [-0.05, 0) is 18.4 Å². The molecule has 29 heavy (non-hydrogen) atoms. The third-order valence-electron chi connectivity index (χ3n) is 5.15. The highest BCUT2D eigenvalue weighted by Gasteiger charge is 2.28. The number of benzene rings is 2. The van der Waals surface area contributed by atoms with Crippen LogP contribution in [0, 0.1) is 0 Å². The van der Waals surface area contributed by atoms with Crippen LogP contribution in [0.3, 0.4) is 0 Å². The summed E-state index contributed by atoms with van der Waals surface area (Å²) in [4.78, 5) is 17.7. The Morgan fingerprint density at radius 1 is 1.00 bits per heavy atom. The van der Waals surface area contributed by atoms with Gasteiger partial charge >= 0.3 is 6.01 Å². The second-order valence-corrected chi connectivity index (χ2v) is 7.14. The van der Waals surface area contributed by atoms with Crippen LogP contribution in [0.5, 0.6) is 0 Å². The number of ether oxygens (including phenoxy) is 1. The summed E-state index contributed by atoms with van der Waals surface area (Å²) in [6.07, 6.45) is 1.13. The van der Waals surface area contributed by atoms with Crippen molar-refractivity contribution in [1.29, 1.82) is 0 Å². The number of aliphatic imine (C=N–C) groups is 1. The summed E-state index contributed by atoms with van der Waals surface area (Å²) < 4.78 is 11.3. The molecule has 1 N–H and O–H groups in total. The van der Waals surface area contributed by atoms with Crippen molar-refractivity contribution in [2.75, 3.05) is 11.9 Å². The van der Waals surface area contributed by atoms with Crippen molar-refractivity contribution >= 4 is 17.5 Å². The molecule has 0 radical (unpaired) electrons. The SMILES string of the molecule is O=C1Cc2ccccc2C(c2ccccc2)=NC1Nc1nnc([C@@H]2CCCO2)o1. The van der Waals surface area contributed by atoms with Crippen LogP contribution in [-0.4, -0.2) is 34.5 Å². The zero-order valence-electron chi connectivity index (χ0n) is 15.7. The van der Waals surface area contributed by atoms with Crippen LogP contribution in [-0.2, 0) is 16.0 Å². The zero-order chi connectivity index (χ0) is 19.6. The van der Waals surface area contributed by atoms with E-state index in [1.165, 1.54) is 0 Å². The van der Waals surface area contributed by atoms with E-state index in [1.807, 2.05) is 54.6 Å². The van der Waals surface area contributed by atoms with Gasteiger partial charge in [-0.2, -0.15) is 0 Å². The molecule has 146 valence electrons. The van der Waals surface area contributed by atoms with Gasteiger partial charge in [0.05, 0.1) is 5.71 Å². The Morgan fingerprint density at radius 3 is 2.66 bits per heavy atom. The largest absolute Gasteiger partial charge is 0.405 e. The fourth-order valence-corrected chi connectivity index (χ4v) is 3.71. The first-order valence-corrected chi connectivity index (χ1v) is 9.74. The Kier molecular flexibility index (Phi) is 4.65. The molecule has 3 aromatic rings. The van der Waals surface area contributed by atoms with Gasteiger partial charge in [0.1, 0.15) is 6.10 Å². The maximum atomic E-state index is 12.9. The summed E-state index contributed by atoms with van der Waals surface area (Å²) in [5.74, 6) is 0.377. The zero-order valence-corrected chi connectivity index (χ0v) is 15.7. The van der Waals surface area contributed by atoms with Gasteiger partial charge in [-0.3, -0.25) is 9.79 Å². The predicted octanol–water partition coefficient (Wildman–Crippen LogP) is 3.32. The summed E-state index contributed by atoms with van der Waals surface area (Å²) in [5, 5.41) is 11.1. The highest BCUT2D eigenvalue weighted by Crippen LogP contribution is 2.29. The Morgan fingerprint density at radius 2 is 1.83 bits per heavy atom. The highest BCUT2D eigenvalue weighted by molar-refractivity contribution is 6.16. The fraction of sp³-hybridized carbons (Fsp3) is 0.273. The Labute approximate surface area is 167 Å². The lowest BCUT2D eigenvalue weighted by Gasteiger charge is -2.12.